The molecule has 1 heterocycles. The Kier molecular flexibility index (Phi) is 6.52. The van der Waals surface area contributed by atoms with E-state index < -0.39 is 0 Å². The van der Waals surface area contributed by atoms with Crippen LogP contribution >= 0.6 is 0 Å². The molecule has 21 heavy (non-hydrogen) atoms. The van der Waals surface area contributed by atoms with Crippen molar-refractivity contribution >= 4 is 5.69 Å². The first kappa shape index (κ1) is 16.3. The fraction of sp³-hybridized carbons (Fsp3) is 0.667. The Morgan fingerprint density at radius 2 is 1.90 bits per heavy atom. The molecular weight excluding hydrogens is 258 g/mol. The molecule has 1 aliphatic heterocycles. The summed E-state index contributed by atoms with van der Waals surface area (Å²) in [5.74, 6) is 0. The molecule has 0 spiro atoms. The summed E-state index contributed by atoms with van der Waals surface area (Å²) in [6.45, 7) is 13.6. The summed E-state index contributed by atoms with van der Waals surface area (Å²) in [6, 6.07) is 9.53. The van der Waals surface area contributed by atoms with E-state index in [4.69, 9.17) is 0 Å². The van der Waals surface area contributed by atoms with Crippen molar-refractivity contribution in [3.63, 3.8) is 0 Å². The Labute approximate surface area is 130 Å². The maximum absolute atomic E-state index is 3.63. The van der Waals surface area contributed by atoms with Gasteiger partial charge in [-0.2, -0.15) is 0 Å². The van der Waals surface area contributed by atoms with Crippen molar-refractivity contribution in [1.82, 2.24) is 10.2 Å². The second-order valence-electron chi connectivity index (χ2n) is 6.17. The molecule has 3 heteroatoms. The van der Waals surface area contributed by atoms with Crippen LogP contribution in [0.2, 0.25) is 0 Å². The first-order chi connectivity index (χ1) is 10.2. The van der Waals surface area contributed by atoms with Crippen molar-refractivity contribution in [1.29, 1.82) is 0 Å². The van der Waals surface area contributed by atoms with E-state index in [2.05, 4.69) is 60.2 Å². The number of likely N-dealkylation sites (N-methyl/N-ethyl adjacent to an activating group) is 1. The van der Waals surface area contributed by atoms with Gasteiger partial charge in [-0.25, -0.2) is 0 Å². The quantitative estimate of drug-likeness (QED) is 0.832. The molecular formula is C18H31N3. The van der Waals surface area contributed by atoms with E-state index in [1.54, 1.807) is 0 Å². The molecule has 2 rings (SSSR count). The lowest BCUT2D eigenvalue weighted by Gasteiger charge is -2.38. The summed E-state index contributed by atoms with van der Waals surface area (Å²) in [4.78, 5) is 5.14. The second kappa shape index (κ2) is 8.40. The van der Waals surface area contributed by atoms with Gasteiger partial charge in [-0.15, -0.1) is 0 Å². The first-order valence-electron chi connectivity index (χ1n) is 8.50. The molecule has 0 amide bonds. The predicted molar refractivity (Wildman–Crippen MR) is 92.2 cm³/mol. The monoisotopic (exact) mass is 289 g/mol. The van der Waals surface area contributed by atoms with Crippen LogP contribution < -0.4 is 10.2 Å². The third-order valence-electron chi connectivity index (χ3n) is 4.35. The minimum absolute atomic E-state index is 0.658. The summed E-state index contributed by atoms with van der Waals surface area (Å²) < 4.78 is 0. The highest BCUT2D eigenvalue weighted by molar-refractivity contribution is 5.48. The van der Waals surface area contributed by atoms with Crippen LogP contribution in [0.25, 0.3) is 0 Å². The molecule has 1 saturated heterocycles. The number of nitrogens with one attached hydrogen (secondary N) is 1. The number of piperazine rings is 1. The van der Waals surface area contributed by atoms with Crippen molar-refractivity contribution in [2.45, 2.75) is 39.7 Å². The summed E-state index contributed by atoms with van der Waals surface area (Å²) in [6.07, 6.45) is 2.55. The number of rotatable bonds is 7. The van der Waals surface area contributed by atoms with Crippen molar-refractivity contribution < 1.29 is 0 Å². The number of aryl methyl sites for hydroxylation is 1. The number of anilines is 1. The maximum atomic E-state index is 3.63. The first-order valence-corrected chi connectivity index (χ1v) is 8.50. The molecule has 3 nitrogen and oxygen atoms in total. The van der Waals surface area contributed by atoms with E-state index >= 15 is 0 Å². The fourth-order valence-electron chi connectivity index (χ4n) is 3.22. The van der Waals surface area contributed by atoms with E-state index in [1.165, 1.54) is 43.7 Å². The summed E-state index contributed by atoms with van der Waals surface area (Å²) in [5.41, 5.74) is 2.73. The predicted octanol–water partition coefficient (Wildman–Crippen LogP) is 2.90. The molecule has 0 radical (unpaired) electrons. The van der Waals surface area contributed by atoms with Gasteiger partial charge in [0.2, 0.25) is 0 Å². The van der Waals surface area contributed by atoms with Crippen LogP contribution in [0.15, 0.2) is 24.3 Å². The minimum Gasteiger partial charge on any atom is -0.369 e. The number of hydrogen-bond donors (Lipinski definition) is 1. The van der Waals surface area contributed by atoms with E-state index in [1.807, 2.05) is 0 Å². The molecule has 0 aliphatic carbocycles. The zero-order chi connectivity index (χ0) is 15.1. The van der Waals surface area contributed by atoms with Crippen LogP contribution in [-0.4, -0.2) is 50.2 Å². The Morgan fingerprint density at radius 3 is 2.52 bits per heavy atom. The molecule has 1 aromatic rings. The lowest BCUT2D eigenvalue weighted by Crippen LogP contribution is -2.50. The van der Waals surface area contributed by atoms with Crippen molar-refractivity contribution in [3.8, 4) is 0 Å². The largest absolute Gasteiger partial charge is 0.369 e. The van der Waals surface area contributed by atoms with E-state index in [9.17, 15) is 0 Å². The van der Waals surface area contributed by atoms with Gasteiger partial charge >= 0.3 is 0 Å². The average Bonchev–Trinajstić information content (AvgIpc) is 2.48. The van der Waals surface area contributed by atoms with Crippen LogP contribution in [0.4, 0.5) is 5.69 Å². The van der Waals surface area contributed by atoms with Gasteiger partial charge in [-0.1, -0.05) is 32.4 Å². The highest BCUT2D eigenvalue weighted by atomic mass is 15.3. The molecule has 0 aromatic heterocycles. The Morgan fingerprint density at radius 1 is 1.14 bits per heavy atom. The van der Waals surface area contributed by atoms with Gasteiger partial charge in [-0.05, 0) is 37.6 Å². The molecule has 1 atom stereocenters. The van der Waals surface area contributed by atoms with Crippen molar-refractivity contribution in [3.05, 3.63) is 29.8 Å². The highest BCUT2D eigenvalue weighted by Gasteiger charge is 2.19. The lowest BCUT2D eigenvalue weighted by atomic mass is 10.1. The fourth-order valence-corrected chi connectivity index (χ4v) is 3.22. The smallest absolute Gasteiger partial charge is 0.0369 e. The van der Waals surface area contributed by atoms with Gasteiger partial charge in [0.15, 0.2) is 0 Å². The third-order valence-corrected chi connectivity index (χ3v) is 4.35. The zero-order valence-corrected chi connectivity index (χ0v) is 13.9. The minimum atomic E-state index is 0.658. The summed E-state index contributed by atoms with van der Waals surface area (Å²) in [7, 11) is 0. The van der Waals surface area contributed by atoms with Gasteiger partial charge in [0.05, 0.1) is 0 Å². The maximum Gasteiger partial charge on any atom is 0.0369 e. The van der Waals surface area contributed by atoms with Gasteiger partial charge in [0, 0.05) is 44.5 Å². The summed E-state index contributed by atoms with van der Waals surface area (Å²) >= 11 is 0. The molecule has 0 saturated carbocycles. The van der Waals surface area contributed by atoms with Crippen LogP contribution in [-0.2, 0) is 0 Å². The van der Waals surface area contributed by atoms with Crippen LogP contribution in [0.5, 0.6) is 0 Å². The van der Waals surface area contributed by atoms with Gasteiger partial charge in [-0.3, -0.25) is 4.90 Å². The molecule has 1 aliphatic rings. The van der Waals surface area contributed by atoms with Crippen LogP contribution in [0, 0.1) is 6.92 Å². The standard InChI is InChI=1S/C18H31N3/c1-4-7-17(19-5-2)15-20-10-12-21(13-11-20)18-9-6-8-16(3)14-18/h6,8-9,14,17,19H,4-5,7,10-13,15H2,1-3H3. The second-order valence-corrected chi connectivity index (χ2v) is 6.17. The van der Waals surface area contributed by atoms with Crippen molar-refractivity contribution in [2.24, 2.45) is 0 Å². The lowest BCUT2D eigenvalue weighted by molar-refractivity contribution is 0.225. The number of nitrogens with zero attached hydrogens (tertiary/aromatic N) is 2. The third kappa shape index (κ3) is 5.01. The molecule has 118 valence electrons. The van der Waals surface area contributed by atoms with E-state index in [-0.39, 0.29) is 0 Å². The number of benzene rings is 1. The zero-order valence-electron chi connectivity index (χ0n) is 13.9. The van der Waals surface area contributed by atoms with Gasteiger partial charge < -0.3 is 10.2 Å². The molecule has 0 bridgehead atoms. The SMILES string of the molecule is CCCC(CN1CCN(c2cccc(C)c2)CC1)NCC. The molecule has 1 unspecified atom stereocenters. The van der Waals surface area contributed by atoms with Crippen molar-refractivity contribution in [2.75, 3.05) is 44.2 Å². The molecule has 1 aromatic carbocycles. The topological polar surface area (TPSA) is 18.5 Å². The molecule has 1 fully saturated rings. The normalized spacial score (nSPS) is 18.0. The summed E-state index contributed by atoms with van der Waals surface area (Å²) in [5, 5.41) is 3.63. The van der Waals surface area contributed by atoms with Crippen LogP contribution in [0.3, 0.4) is 0 Å². The van der Waals surface area contributed by atoms with E-state index in [0.29, 0.717) is 6.04 Å². The van der Waals surface area contributed by atoms with Crippen LogP contribution in [0.1, 0.15) is 32.3 Å². The number of hydrogen-bond acceptors (Lipinski definition) is 3. The molecule has 1 N–H and O–H groups in total. The van der Waals surface area contributed by atoms with E-state index in [0.717, 1.165) is 19.6 Å². The Hall–Kier alpha value is -1.06. The van der Waals surface area contributed by atoms with Gasteiger partial charge in [0.25, 0.3) is 0 Å². The highest BCUT2D eigenvalue weighted by Crippen LogP contribution is 2.18. The average molecular weight is 289 g/mol. The Balaban J connectivity index is 1.82. The van der Waals surface area contributed by atoms with Gasteiger partial charge in [0.1, 0.15) is 0 Å². The Bertz CT molecular complexity index is 405.